The molecule has 1 heteroatoms. The Morgan fingerprint density at radius 3 is 2.35 bits per heavy atom. The van der Waals surface area contributed by atoms with E-state index < -0.39 is 0 Å². The average molecular weight is 267 g/mol. The topological polar surface area (TPSA) is 26.0 Å². The summed E-state index contributed by atoms with van der Waals surface area (Å²) in [4.78, 5) is 0. The van der Waals surface area contributed by atoms with Crippen molar-refractivity contribution in [2.24, 2.45) is 0 Å². The van der Waals surface area contributed by atoms with Crippen molar-refractivity contribution >= 4 is 16.8 Å². The van der Waals surface area contributed by atoms with Crippen LogP contribution >= 0.6 is 0 Å². The molecule has 1 nitrogen and oxygen atoms in total. The van der Waals surface area contributed by atoms with Gasteiger partial charge in [0.25, 0.3) is 0 Å². The standard InChI is InChI=1S/C19H25N/c1-7-15(8-2)16-11-12-18(20)17(10-9-13(3)4)19(16)14(5)6/h7-8,11-12H,1,3,5,9-10,20H2,2,4,6H3/b15-8+. The van der Waals surface area contributed by atoms with Crippen LogP contribution in [0, 0.1) is 0 Å². The van der Waals surface area contributed by atoms with Crippen LogP contribution in [0.4, 0.5) is 5.69 Å². The smallest absolute Gasteiger partial charge is 0.0353 e. The van der Waals surface area contributed by atoms with Gasteiger partial charge in [-0.25, -0.2) is 0 Å². The van der Waals surface area contributed by atoms with Gasteiger partial charge in [-0.15, -0.1) is 6.58 Å². The van der Waals surface area contributed by atoms with Crippen LogP contribution in [0.3, 0.4) is 0 Å². The van der Waals surface area contributed by atoms with E-state index in [-0.39, 0.29) is 0 Å². The van der Waals surface area contributed by atoms with E-state index in [0.29, 0.717) is 0 Å². The van der Waals surface area contributed by atoms with Crippen molar-refractivity contribution in [2.45, 2.75) is 33.6 Å². The fourth-order valence-electron chi connectivity index (χ4n) is 2.38. The monoisotopic (exact) mass is 267 g/mol. The van der Waals surface area contributed by atoms with Crippen molar-refractivity contribution in [2.75, 3.05) is 5.73 Å². The Kier molecular flexibility index (Phi) is 5.57. The first-order valence-corrected chi connectivity index (χ1v) is 6.93. The predicted molar refractivity (Wildman–Crippen MR) is 92.5 cm³/mol. The van der Waals surface area contributed by atoms with Gasteiger partial charge >= 0.3 is 0 Å². The van der Waals surface area contributed by atoms with Crippen molar-refractivity contribution in [3.8, 4) is 0 Å². The molecule has 0 spiro atoms. The Bertz CT molecular complexity index is 574. The molecule has 20 heavy (non-hydrogen) atoms. The molecule has 0 atom stereocenters. The van der Waals surface area contributed by atoms with E-state index in [1.54, 1.807) is 0 Å². The molecular formula is C19H25N. The van der Waals surface area contributed by atoms with E-state index >= 15 is 0 Å². The molecule has 1 aromatic carbocycles. The van der Waals surface area contributed by atoms with E-state index in [4.69, 9.17) is 5.73 Å². The van der Waals surface area contributed by atoms with Crippen LogP contribution in [0.15, 0.2) is 49.6 Å². The van der Waals surface area contributed by atoms with Gasteiger partial charge in [-0.3, -0.25) is 0 Å². The summed E-state index contributed by atoms with van der Waals surface area (Å²) in [6.07, 6.45) is 5.77. The van der Waals surface area contributed by atoms with Gasteiger partial charge in [0.1, 0.15) is 0 Å². The SMILES string of the molecule is C=C/C(=C\C)c1ccc(N)c(CCC(=C)C)c1C(=C)C. The molecule has 106 valence electrons. The molecule has 1 rings (SSSR count). The normalized spacial score (nSPS) is 11.2. The zero-order valence-electron chi connectivity index (χ0n) is 12.9. The average Bonchev–Trinajstić information content (AvgIpc) is 2.39. The minimum Gasteiger partial charge on any atom is -0.398 e. The number of nitrogens with two attached hydrogens (primary N) is 1. The molecule has 0 radical (unpaired) electrons. The highest BCUT2D eigenvalue weighted by molar-refractivity contribution is 5.86. The van der Waals surface area contributed by atoms with E-state index in [0.717, 1.165) is 46.4 Å². The third-order valence-electron chi connectivity index (χ3n) is 3.42. The second-order valence-electron chi connectivity index (χ2n) is 5.24. The fraction of sp³-hybridized carbons (Fsp3) is 0.263. The van der Waals surface area contributed by atoms with Gasteiger partial charge < -0.3 is 5.73 Å². The summed E-state index contributed by atoms with van der Waals surface area (Å²) in [5.74, 6) is 0. The summed E-state index contributed by atoms with van der Waals surface area (Å²) < 4.78 is 0. The first kappa shape index (κ1) is 16.0. The van der Waals surface area contributed by atoms with Crippen molar-refractivity contribution in [3.63, 3.8) is 0 Å². The number of rotatable bonds is 6. The molecule has 2 N–H and O–H groups in total. The minimum absolute atomic E-state index is 0.826. The van der Waals surface area contributed by atoms with Gasteiger partial charge in [-0.2, -0.15) is 0 Å². The van der Waals surface area contributed by atoms with Gasteiger partial charge in [-0.05, 0) is 61.9 Å². The third kappa shape index (κ3) is 3.51. The maximum Gasteiger partial charge on any atom is 0.0353 e. The largest absolute Gasteiger partial charge is 0.398 e. The van der Waals surface area contributed by atoms with E-state index in [1.165, 1.54) is 5.56 Å². The van der Waals surface area contributed by atoms with Crippen molar-refractivity contribution in [1.29, 1.82) is 0 Å². The molecule has 0 aliphatic heterocycles. The zero-order chi connectivity index (χ0) is 15.3. The summed E-state index contributed by atoms with van der Waals surface area (Å²) in [7, 11) is 0. The van der Waals surface area contributed by atoms with Gasteiger partial charge in [0.15, 0.2) is 0 Å². The molecule has 0 heterocycles. The fourth-order valence-corrected chi connectivity index (χ4v) is 2.38. The van der Waals surface area contributed by atoms with Crippen LogP contribution in [0.2, 0.25) is 0 Å². The summed E-state index contributed by atoms with van der Waals surface area (Å²) in [6, 6.07) is 4.03. The van der Waals surface area contributed by atoms with Crippen LogP contribution in [0.25, 0.3) is 11.1 Å². The lowest BCUT2D eigenvalue weighted by molar-refractivity contribution is 0.944. The molecule has 0 aromatic heterocycles. The molecule has 1 aromatic rings. The Balaban J connectivity index is 3.48. The molecule has 0 aliphatic carbocycles. The molecule has 0 saturated heterocycles. The van der Waals surface area contributed by atoms with E-state index in [2.05, 4.69) is 31.9 Å². The lowest BCUT2D eigenvalue weighted by Crippen LogP contribution is -2.03. The predicted octanol–water partition coefficient (Wildman–Crippen LogP) is 5.40. The number of allylic oxidation sites excluding steroid dienone is 5. The quantitative estimate of drug-likeness (QED) is 0.417. The van der Waals surface area contributed by atoms with Gasteiger partial charge in [-0.1, -0.05) is 42.5 Å². The Morgan fingerprint density at radius 2 is 1.90 bits per heavy atom. The highest BCUT2D eigenvalue weighted by atomic mass is 14.6. The van der Waals surface area contributed by atoms with Crippen LogP contribution < -0.4 is 5.73 Å². The Hall–Kier alpha value is -2.02. The molecule has 0 saturated carbocycles. The maximum atomic E-state index is 6.18. The lowest BCUT2D eigenvalue weighted by Gasteiger charge is -2.18. The second-order valence-corrected chi connectivity index (χ2v) is 5.24. The number of anilines is 1. The third-order valence-corrected chi connectivity index (χ3v) is 3.42. The highest BCUT2D eigenvalue weighted by Gasteiger charge is 2.14. The number of nitrogen functional groups attached to an aromatic ring is 1. The zero-order valence-corrected chi connectivity index (χ0v) is 12.9. The van der Waals surface area contributed by atoms with Crippen LogP contribution in [0.1, 0.15) is 43.9 Å². The van der Waals surface area contributed by atoms with E-state index in [9.17, 15) is 0 Å². The number of hydrogen-bond donors (Lipinski definition) is 1. The summed E-state index contributed by atoms with van der Waals surface area (Å²) in [6.45, 7) is 18.1. The van der Waals surface area contributed by atoms with E-state index in [1.807, 2.05) is 32.9 Å². The van der Waals surface area contributed by atoms with Gasteiger partial charge in [0, 0.05) is 5.69 Å². The van der Waals surface area contributed by atoms with Crippen LogP contribution in [-0.2, 0) is 6.42 Å². The number of hydrogen-bond acceptors (Lipinski definition) is 1. The molecule has 0 fully saturated rings. The van der Waals surface area contributed by atoms with Crippen LogP contribution in [-0.4, -0.2) is 0 Å². The molecule has 0 aliphatic rings. The minimum atomic E-state index is 0.826. The Morgan fingerprint density at radius 1 is 1.25 bits per heavy atom. The second kappa shape index (κ2) is 6.95. The molecule has 0 bridgehead atoms. The summed E-state index contributed by atoms with van der Waals surface area (Å²) in [5, 5.41) is 0. The summed E-state index contributed by atoms with van der Waals surface area (Å²) >= 11 is 0. The van der Waals surface area contributed by atoms with Crippen molar-refractivity contribution in [1.82, 2.24) is 0 Å². The highest BCUT2D eigenvalue weighted by Crippen LogP contribution is 2.33. The van der Waals surface area contributed by atoms with Crippen molar-refractivity contribution < 1.29 is 0 Å². The van der Waals surface area contributed by atoms with Gasteiger partial charge in [0.05, 0.1) is 0 Å². The molecule has 0 unspecified atom stereocenters. The Labute approximate surface area is 123 Å². The van der Waals surface area contributed by atoms with Gasteiger partial charge in [0.2, 0.25) is 0 Å². The number of benzene rings is 1. The van der Waals surface area contributed by atoms with Crippen molar-refractivity contribution in [3.05, 3.63) is 66.3 Å². The molecule has 0 amide bonds. The molecular weight excluding hydrogens is 242 g/mol. The maximum absolute atomic E-state index is 6.18. The first-order valence-electron chi connectivity index (χ1n) is 6.93. The lowest BCUT2D eigenvalue weighted by atomic mass is 9.88. The summed E-state index contributed by atoms with van der Waals surface area (Å²) in [5.41, 5.74) is 13.8. The van der Waals surface area contributed by atoms with Crippen LogP contribution in [0.5, 0.6) is 0 Å². The first-order chi connectivity index (χ1) is 9.42.